The van der Waals surface area contributed by atoms with Gasteiger partial charge in [0.1, 0.15) is 12.4 Å². The number of hydrogen-bond donors (Lipinski definition) is 2. The van der Waals surface area contributed by atoms with Crippen molar-refractivity contribution in [1.82, 2.24) is 5.32 Å². The molecule has 2 rings (SSSR count). The molecular weight excluding hydrogens is 372 g/mol. The molecular formula is C19H21ClN2O3S. The fraction of sp³-hybridized carbons (Fsp3) is 0.263. The van der Waals surface area contributed by atoms with Crippen LogP contribution in [0.1, 0.15) is 24.2 Å². The molecule has 0 bridgehead atoms. The van der Waals surface area contributed by atoms with Gasteiger partial charge in [0.05, 0.1) is 23.2 Å². The van der Waals surface area contributed by atoms with Gasteiger partial charge in [-0.15, -0.1) is 0 Å². The summed E-state index contributed by atoms with van der Waals surface area (Å²) >= 11 is 11.4. The molecule has 0 radical (unpaired) electrons. The average Bonchev–Trinajstić information content (AvgIpc) is 2.61. The van der Waals surface area contributed by atoms with Gasteiger partial charge in [-0.1, -0.05) is 29.8 Å². The first kappa shape index (κ1) is 20.0. The number of carbonyl (C=O) groups is 1. The van der Waals surface area contributed by atoms with Gasteiger partial charge in [-0.25, -0.2) is 4.79 Å². The molecule has 0 aromatic heterocycles. The van der Waals surface area contributed by atoms with Gasteiger partial charge in [0.2, 0.25) is 0 Å². The summed E-state index contributed by atoms with van der Waals surface area (Å²) in [7, 11) is 0. The van der Waals surface area contributed by atoms with E-state index in [4.69, 9.17) is 33.3 Å². The minimum atomic E-state index is -0.448. The standard InChI is InChI=1S/C19H21ClN2O3S/c1-3-24-18(23)16-10-9-14(11-17(16)20)22-19(26)21-13(2)12-25-15-7-5-4-6-8-15/h4-11,13H,3,12H2,1-2H3,(H2,21,22,26)/t13-/m0/s1. The van der Waals surface area contributed by atoms with Crippen LogP contribution >= 0.6 is 23.8 Å². The molecule has 0 aliphatic rings. The Labute approximate surface area is 163 Å². The van der Waals surface area contributed by atoms with Crippen LogP contribution in [0.4, 0.5) is 5.69 Å². The third-order valence-corrected chi connectivity index (χ3v) is 3.88. The maximum absolute atomic E-state index is 11.8. The van der Waals surface area contributed by atoms with E-state index in [-0.39, 0.29) is 6.04 Å². The number of hydrogen-bond acceptors (Lipinski definition) is 4. The molecule has 138 valence electrons. The third kappa shape index (κ3) is 6.20. The molecule has 0 unspecified atom stereocenters. The normalized spacial score (nSPS) is 11.3. The Morgan fingerprint density at radius 2 is 1.96 bits per heavy atom. The van der Waals surface area contributed by atoms with Crippen molar-refractivity contribution in [1.29, 1.82) is 0 Å². The lowest BCUT2D eigenvalue weighted by molar-refractivity contribution is 0.0526. The van der Waals surface area contributed by atoms with Crippen LogP contribution in [0.15, 0.2) is 48.5 Å². The van der Waals surface area contributed by atoms with Crippen LogP contribution in [0.3, 0.4) is 0 Å². The predicted molar refractivity (Wildman–Crippen MR) is 108 cm³/mol. The minimum absolute atomic E-state index is 0.00415. The van der Waals surface area contributed by atoms with Gasteiger partial charge >= 0.3 is 5.97 Å². The second-order valence-corrected chi connectivity index (χ2v) is 6.35. The van der Waals surface area contributed by atoms with Gasteiger partial charge in [0.15, 0.2) is 5.11 Å². The summed E-state index contributed by atoms with van der Waals surface area (Å²) < 4.78 is 10.6. The minimum Gasteiger partial charge on any atom is -0.491 e. The molecule has 7 heteroatoms. The molecule has 0 aliphatic carbocycles. The summed E-state index contributed by atoms with van der Waals surface area (Å²) in [5, 5.41) is 6.92. The first-order chi connectivity index (χ1) is 12.5. The van der Waals surface area contributed by atoms with Crippen molar-refractivity contribution >= 4 is 40.6 Å². The predicted octanol–water partition coefficient (Wildman–Crippen LogP) is 4.27. The zero-order chi connectivity index (χ0) is 18.9. The van der Waals surface area contributed by atoms with E-state index >= 15 is 0 Å². The Balaban J connectivity index is 1.85. The van der Waals surface area contributed by atoms with Crippen LogP contribution in [0, 0.1) is 0 Å². The van der Waals surface area contributed by atoms with Gasteiger partial charge in [-0.3, -0.25) is 0 Å². The third-order valence-electron chi connectivity index (χ3n) is 3.34. The molecule has 2 N–H and O–H groups in total. The monoisotopic (exact) mass is 392 g/mol. The lowest BCUT2D eigenvalue weighted by Gasteiger charge is -2.18. The average molecular weight is 393 g/mol. The van der Waals surface area contributed by atoms with E-state index in [0.717, 1.165) is 5.75 Å². The molecule has 5 nitrogen and oxygen atoms in total. The Kier molecular flexibility index (Phi) is 7.69. The molecule has 0 saturated heterocycles. The number of thiocarbonyl (C=S) groups is 1. The highest BCUT2D eigenvalue weighted by Crippen LogP contribution is 2.22. The summed E-state index contributed by atoms with van der Waals surface area (Å²) in [6, 6.07) is 14.5. The largest absolute Gasteiger partial charge is 0.491 e. The summed E-state index contributed by atoms with van der Waals surface area (Å²) in [5.41, 5.74) is 0.999. The smallest absolute Gasteiger partial charge is 0.339 e. The van der Waals surface area contributed by atoms with Crippen molar-refractivity contribution in [3.05, 3.63) is 59.1 Å². The lowest BCUT2D eigenvalue weighted by Crippen LogP contribution is -2.39. The number of carbonyl (C=O) groups excluding carboxylic acids is 1. The number of anilines is 1. The maximum atomic E-state index is 11.8. The molecule has 0 heterocycles. The number of nitrogens with one attached hydrogen (secondary N) is 2. The molecule has 0 aliphatic heterocycles. The van der Waals surface area contributed by atoms with Crippen molar-refractivity contribution < 1.29 is 14.3 Å². The first-order valence-electron chi connectivity index (χ1n) is 8.21. The highest BCUT2D eigenvalue weighted by atomic mass is 35.5. The molecule has 0 amide bonds. The Morgan fingerprint density at radius 1 is 1.23 bits per heavy atom. The fourth-order valence-corrected chi connectivity index (χ4v) is 2.71. The Morgan fingerprint density at radius 3 is 2.62 bits per heavy atom. The van der Waals surface area contributed by atoms with Gasteiger partial charge in [0.25, 0.3) is 0 Å². The first-order valence-corrected chi connectivity index (χ1v) is 9.00. The molecule has 2 aromatic carbocycles. The number of para-hydroxylation sites is 1. The van der Waals surface area contributed by atoms with Crippen LogP contribution in [0.25, 0.3) is 0 Å². The van der Waals surface area contributed by atoms with E-state index in [1.54, 1.807) is 25.1 Å². The molecule has 26 heavy (non-hydrogen) atoms. The van der Waals surface area contributed by atoms with Crippen LogP contribution in [-0.2, 0) is 4.74 Å². The summed E-state index contributed by atoms with van der Waals surface area (Å²) in [6.45, 7) is 4.47. The molecule has 2 aromatic rings. The lowest BCUT2D eigenvalue weighted by atomic mass is 10.2. The van der Waals surface area contributed by atoms with Gasteiger partial charge in [0, 0.05) is 5.69 Å². The van der Waals surface area contributed by atoms with Crippen molar-refractivity contribution in [2.75, 3.05) is 18.5 Å². The van der Waals surface area contributed by atoms with Crippen molar-refractivity contribution in [2.24, 2.45) is 0 Å². The van der Waals surface area contributed by atoms with Gasteiger partial charge < -0.3 is 20.1 Å². The van der Waals surface area contributed by atoms with E-state index < -0.39 is 5.97 Å². The van der Waals surface area contributed by atoms with E-state index in [1.165, 1.54) is 0 Å². The summed E-state index contributed by atoms with van der Waals surface area (Å²) in [5.74, 6) is 0.359. The highest BCUT2D eigenvalue weighted by Gasteiger charge is 2.12. The number of benzene rings is 2. The van der Waals surface area contributed by atoms with Crippen LogP contribution < -0.4 is 15.4 Å². The second kappa shape index (κ2) is 9.99. The topological polar surface area (TPSA) is 59.6 Å². The SMILES string of the molecule is CCOC(=O)c1ccc(NC(=S)N[C@@H](C)COc2ccccc2)cc1Cl. The molecule has 0 spiro atoms. The number of rotatable bonds is 7. The maximum Gasteiger partial charge on any atom is 0.339 e. The Hall–Kier alpha value is -2.31. The van der Waals surface area contributed by atoms with Crippen LogP contribution in [0.2, 0.25) is 5.02 Å². The fourth-order valence-electron chi connectivity index (χ4n) is 2.14. The highest BCUT2D eigenvalue weighted by molar-refractivity contribution is 7.80. The second-order valence-electron chi connectivity index (χ2n) is 5.54. The van der Waals surface area contributed by atoms with Crippen molar-refractivity contribution in [3.63, 3.8) is 0 Å². The van der Waals surface area contributed by atoms with Crippen molar-refractivity contribution in [2.45, 2.75) is 19.9 Å². The van der Waals surface area contributed by atoms with E-state index in [9.17, 15) is 4.79 Å². The van der Waals surface area contributed by atoms with E-state index in [2.05, 4.69) is 10.6 Å². The van der Waals surface area contributed by atoms with Crippen LogP contribution in [0.5, 0.6) is 5.75 Å². The summed E-state index contributed by atoms with van der Waals surface area (Å²) in [4.78, 5) is 11.8. The van der Waals surface area contributed by atoms with E-state index in [1.807, 2.05) is 37.3 Å². The van der Waals surface area contributed by atoms with Gasteiger partial charge in [-0.2, -0.15) is 0 Å². The molecule has 0 fully saturated rings. The quantitative estimate of drug-likeness (QED) is 0.542. The van der Waals surface area contributed by atoms with Crippen LogP contribution in [-0.4, -0.2) is 30.3 Å². The zero-order valence-corrected chi connectivity index (χ0v) is 16.2. The molecule has 0 saturated carbocycles. The van der Waals surface area contributed by atoms with Gasteiger partial charge in [-0.05, 0) is 56.4 Å². The summed E-state index contributed by atoms with van der Waals surface area (Å²) in [6.07, 6.45) is 0. The zero-order valence-electron chi connectivity index (χ0n) is 14.6. The Bertz CT molecular complexity index is 756. The number of esters is 1. The van der Waals surface area contributed by atoms with Crippen molar-refractivity contribution in [3.8, 4) is 5.75 Å². The molecule has 1 atom stereocenters. The number of halogens is 1. The number of ether oxygens (including phenoxy) is 2. The van der Waals surface area contributed by atoms with E-state index in [0.29, 0.717) is 34.6 Å².